The van der Waals surface area contributed by atoms with Gasteiger partial charge in [-0.3, -0.25) is 4.79 Å². The van der Waals surface area contributed by atoms with E-state index in [-0.39, 0.29) is 17.6 Å². The van der Waals surface area contributed by atoms with Gasteiger partial charge in [-0.2, -0.15) is 4.98 Å². The number of rotatable bonds is 4. The number of ether oxygens (including phenoxy) is 1. The number of hydrogen-bond donors (Lipinski definition) is 1. The van der Waals surface area contributed by atoms with E-state index in [1.165, 1.54) is 12.1 Å². The molecule has 26 heavy (non-hydrogen) atoms. The summed E-state index contributed by atoms with van der Waals surface area (Å²) in [6.07, 6.45) is 0.779. The Kier molecular flexibility index (Phi) is 4.91. The van der Waals surface area contributed by atoms with Gasteiger partial charge in [0, 0.05) is 30.8 Å². The minimum absolute atomic E-state index is 0.0387. The van der Waals surface area contributed by atoms with Crippen molar-refractivity contribution in [2.24, 2.45) is 5.73 Å². The number of amides is 1. The Morgan fingerprint density at radius 1 is 1.31 bits per heavy atom. The summed E-state index contributed by atoms with van der Waals surface area (Å²) in [5.41, 5.74) is 5.80. The van der Waals surface area contributed by atoms with E-state index in [2.05, 4.69) is 9.97 Å². The first-order valence-corrected chi connectivity index (χ1v) is 8.59. The largest absolute Gasteiger partial charge is 0.439 e. The lowest BCUT2D eigenvalue weighted by atomic mass is 10.1. The van der Waals surface area contributed by atoms with Gasteiger partial charge in [-0.25, -0.2) is 9.37 Å². The molecule has 0 saturated carbocycles. The Bertz CT molecular complexity index is 802. The van der Waals surface area contributed by atoms with E-state index in [0.29, 0.717) is 30.5 Å². The van der Waals surface area contributed by atoms with E-state index in [1.807, 2.05) is 6.92 Å². The highest BCUT2D eigenvalue weighted by Crippen LogP contribution is 2.28. The molecule has 2 aromatic rings. The highest BCUT2D eigenvalue weighted by atomic mass is 19.1. The van der Waals surface area contributed by atoms with Gasteiger partial charge in [-0.05, 0) is 51.5 Å². The van der Waals surface area contributed by atoms with Crippen LogP contribution >= 0.6 is 0 Å². The maximum Gasteiger partial charge on any atom is 0.242 e. The van der Waals surface area contributed by atoms with Crippen LogP contribution in [0.4, 0.5) is 4.39 Å². The average molecular weight is 358 g/mol. The fourth-order valence-electron chi connectivity index (χ4n) is 2.98. The van der Waals surface area contributed by atoms with Crippen LogP contribution in [0.3, 0.4) is 0 Å². The third-order valence-corrected chi connectivity index (χ3v) is 4.28. The molecule has 1 amide bonds. The lowest BCUT2D eigenvalue weighted by Crippen LogP contribution is -2.50. The second kappa shape index (κ2) is 6.99. The highest BCUT2D eigenvalue weighted by Gasteiger charge is 2.35. The zero-order valence-corrected chi connectivity index (χ0v) is 15.2. The van der Waals surface area contributed by atoms with Gasteiger partial charge in [-0.15, -0.1) is 0 Å². The topological polar surface area (TPSA) is 81.3 Å². The lowest BCUT2D eigenvalue weighted by molar-refractivity contribution is -0.134. The predicted molar refractivity (Wildman–Crippen MR) is 95.4 cm³/mol. The molecule has 2 N–H and O–H groups in total. The van der Waals surface area contributed by atoms with Gasteiger partial charge >= 0.3 is 0 Å². The number of nitrogens with zero attached hydrogens (tertiary/aromatic N) is 3. The molecule has 1 fully saturated rings. The number of likely N-dealkylation sites (tertiary alicyclic amines) is 1. The molecule has 0 radical (unpaired) electrons. The number of aromatic nitrogens is 2. The molecule has 3 rings (SSSR count). The summed E-state index contributed by atoms with van der Waals surface area (Å²) < 4.78 is 18.7. The van der Waals surface area contributed by atoms with Crippen LogP contribution in [0, 0.1) is 12.7 Å². The molecule has 0 aliphatic carbocycles. The third kappa shape index (κ3) is 4.16. The maximum atomic E-state index is 13.0. The third-order valence-electron chi connectivity index (χ3n) is 4.28. The van der Waals surface area contributed by atoms with Crippen LogP contribution in [0.2, 0.25) is 0 Å². The summed E-state index contributed by atoms with van der Waals surface area (Å²) in [6, 6.07) is 7.49. The van der Waals surface area contributed by atoms with Gasteiger partial charge < -0.3 is 15.4 Å². The number of carbonyl (C=O) groups is 1. The monoisotopic (exact) mass is 358 g/mol. The molecule has 0 spiro atoms. The molecule has 1 atom stereocenters. The molecule has 1 aliphatic rings. The molecule has 1 saturated heterocycles. The van der Waals surface area contributed by atoms with Crippen molar-refractivity contribution in [1.29, 1.82) is 0 Å². The van der Waals surface area contributed by atoms with Crippen LogP contribution in [0.15, 0.2) is 30.3 Å². The minimum atomic E-state index is -0.890. The van der Waals surface area contributed by atoms with Crippen molar-refractivity contribution in [3.05, 3.63) is 47.7 Å². The average Bonchev–Trinajstić information content (AvgIpc) is 3.05. The van der Waals surface area contributed by atoms with Crippen LogP contribution in [-0.4, -0.2) is 39.4 Å². The SMILES string of the molecule is Cc1cc(Oc2ccc(F)cc2)nc([C@@H]2CCN(C(=O)C(C)(C)N)C2)n1. The molecule has 2 heterocycles. The Labute approximate surface area is 152 Å². The molecule has 138 valence electrons. The summed E-state index contributed by atoms with van der Waals surface area (Å²) >= 11 is 0. The fraction of sp³-hybridized carbons (Fsp3) is 0.421. The number of hydrogen-bond acceptors (Lipinski definition) is 5. The summed E-state index contributed by atoms with van der Waals surface area (Å²) in [7, 11) is 0. The van der Waals surface area contributed by atoms with Gasteiger partial charge in [0.1, 0.15) is 17.4 Å². The highest BCUT2D eigenvalue weighted by molar-refractivity contribution is 5.85. The first-order valence-electron chi connectivity index (χ1n) is 8.59. The second-order valence-electron chi connectivity index (χ2n) is 7.22. The summed E-state index contributed by atoms with van der Waals surface area (Å²) in [4.78, 5) is 23.1. The van der Waals surface area contributed by atoms with Crippen molar-refractivity contribution in [2.45, 2.75) is 38.6 Å². The number of halogens is 1. The Morgan fingerprint density at radius 2 is 2.00 bits per heavy atom. The summed E-state index contributed by atoms with van der Waals surface area (Å²) in [5, 5.41) is 0. The van der Waals surface area contributed by atoms with Crippen LogP contribution < -0.4 is 10.5 Å². The van der Waals surface area contributed by atoms with E-state index >= 15 is 0 Å². The van der Waals surface area contributed by atoms with Crippen molar-refractivity contribution < 1.29 is 13.9 Å². The fourth-order valence-corrected chi connectivity index (χ4v) is 2.98. The maximum absolute atomic E-state index is 13.0. The Hall–Kier alpha value is -2.54. The molecule has 0 bridgehead atoms. The zero-order chi connectivity index (χ0) is 18.9. The van der Waals surface area contributed by atoms with Crippen LogP contribution in [0.25, 0.3) is 0 Å². The Balaban J connectivity index is 1.76. The quantitative estimate of drug-likeness (QED) is 0.909. The molecule has 0 unspecified atom stereocenters. The van der Waals surface area contributed by atoms with Crippen molar-refractivity contribution in [3.8, 4) is 11.6 Å². The van der Waals surface area contributed by atoms with Gasteiger partial charge in [0.25, 0.3) is 0 Å². The lowest BCUT2D eigenvalue weighted by Gasteiger charge is -2.25. The van der Waals surface area contributed by atoms with Gasteiger partial charge in [0.05, 0.1) is 5.54 Å². The first-order chi connectivity index (χ1) is 12.2. The van der Waals surface area contributed by atoms with E-state index in [9.17, 15) is 9.18 Å². The number of carbonyl (C=O) groups excluding carboxylic acids is 1. The molecular formula is C19H23FN4O2. The van der Waals surface area contributed by atoms with Gasteiger partial charge in [0.2, 0.25) is 11.8 Å². The first kappa shape index (κ1) is 18.3. The smallest absolute Gasteiger partial charge is 0.242 e. The zero-order valence-electron chi connectivity index (χ0n) is 15.2. The van der Waals surface area contributed by atoms with Crippen molar-refractivity contribution >= 4 is 5.91 Å². The summed E-state index contributed by atoms with van der Waals surface area (Å²) in [5.74, 6) is 1.20. The summed E-state index contributed by atoms with van der Waals surface area (Å²) in [6.45, 7) is 6.46. The van der Waals surface area contributed by atoms with Crippen LogP contribution in [0.5, 0.6) is 11.6 Å². The van der Waals surface area contributed by atoms with E-state index in [4.69, 9.17) is 10.5 Å². The molecule has 1 aromatic heterocycles. The van der Waals surface area contributed by atoms with E-state index in [1.54, 1.807) is 36.9 Å². The minimum Gasteiger partial charge on any atom is -0.439 e. The van der Waals surface area contributed by atoms with E-state index < -0.39 is 5.54 Å². The van der Waals surface area contributed by atoms with Gasteiger partial charge in [-0.1, -0.05) is 0 Å². The van der Waals surface area contributed by atoms with Crippen LogP contribution in [-0.2, 0) is 4.79 Å². The molecule has 1 aliphatic heterocycles. The van der Waals surface area contributed by atoms with E-state index in [0.717, 1.165) is 12.1 Å². The molecular weight excluding hydrogens is 335 g/mol. The van der Waals surface area contributed by atoms with Crippen molar-refractivity contribution in [2.75, 3.05) is 13.1 Å². The van der Waals surface area contributed by atoms with Crippen molar-refractivity contribution in [3.63, 3.8) is 0 Å². The Morgan fingerprint density at radius 3 is 2.65 bits per heavy atom. The molecule has 6 nitrogen and oxygen atoms in total. The van der Waals surface area contributed by atoms with Gasteiger partial charge in [0.15, 0.2) is 0 Å². The van der Waals surface area contributed by atoms with Crippen LogP contribution in [0.1, 0.15) is 37.7 Å². The number of nitrogens with two attached hydrogens (primary N) is 1. The number of benzene rings is 1. The normalized spacial score (nSPS) is 17.4. The predicted octanol–water partition coefficient (Wildman–Crippen LogP) is 2.77. The van der Waals surface area contributed by atoms with Crippen molar-refractivity contribution in [1.82, 2.24) is 14.9 Å². The molecule has 7 heteroatoms. The number of aryl methyl sites for hydroxylation is 1. The standard InChI is InChI=1S/C19H23FN4O2/c1-12-10-16(26-15-6-4-14(20)5-7-15)23-17(22-12)13-8-9-24(11-13)18(25)19(2,3)21/h4-7,10,13H,8-9,11,21H2,1-3H3/t13-/m1/s1. The second-order valence-corrected chi connectivity index (χ2v) is 7.22. The molecule has 1 aromatic carbocycles.